The molecule has 0 amide bonds. The molecule has 2 nitrogen and oxygen atoms in total. The molecule has 0 atom stereocenters. The monoisotopic (exact) mass is 241 g/mol. The van der Waals surface area contributed by atoms with Gasteiger partial charge in [-0.2, -0.15) is 0 Å². The number of hydrogen-bond acceptors (Lipinski definition) is 2. The molecule has 13 heavy (non-hydrogen) atoms. The van der Waals surface area contributed by atoms with Gasteiger partial charge >= 0.3 is 0 Å². The minimum Gasteiger partial charge on any atom is -0.491 e. The van der Waals surface area contributed by atoms with Gasteiger partial charge in [0.15, 0.2) is 0 Å². The largest absolute Gasteiger partial charge is 0.491 e. The summed E-state index contributed by atoms with van der Waals surface area (Å²) >= 11 is 3.51. The minimum absolute atomic E-state index is 0.745. The van der Waals surface area contributed by atoms with Gasteiger partial charge in [-0.1, -0.05) is 6.07 Å². The van der Waals surface area contributed by atoms with Crippen LogP contribution in [0.25, 0.3) is 0 Å². The lowest BCUT2D eigenvalue weighted by Crippen LogP contribution is -2.16. The van der Waals surface area contributed by atoms with Gasteiger partial charge < -0.3 is 10.1 Å². The molecule has 0 aromatic heterocycles. The molecule has 0 saturated carbocycles. The first kappa shape index (κ1) is 9.03. The summed E-state index contributed by atoms with van der Waals surface area (Å²) in [6, 6.07) is 4.25. The summed E-state index contributed by atoms with van der Waals surface area (Å²) < 4.78 is 6.69. The van der Waals surface area contributed by atoms with Gasteiger partial charge in [0.25, 0.3) is 0 Å². The molecule has 1 aromatic carbocycles. The van der Waals surface area contributed by atoms with Gasteiger partial charge in [-0.3, -0.25) is 0 Å². The van der Waals surface area contributed by atoms with E-state index in [9.17, 15) is 0 Å². The number of fused-ring (bicyclic) bond motifs is 1. The maximum atomic E-state index is 5.62. The smallest absolute Gasteiger partial charge is 0.138 e. The molecule has 0 unspecified atom stereocenters. The van der Waals surface area contributed by atoms with E-state index in [4.69, 9.17) is 4.74 Å². The number of rotatable bonds is 0. The van der Waals surface area contributed by atoms with Gasteiger partial charge in [0.05, 0.1) is 4.47 Å². The lowest BCUT2D eigenvalue weighted by Gasteiger charge is -2.09. The fourth-order valence-electron chi connectivity index (χ4n) is 1.54. The van der Waals surface area contributed by atoms with Crippen molar-refractivity contribution < 1.29 is 4.74 Å². The number of aryl methyl sites for hydroxylation is 1. The number of ether oxygens (including phenoxy) is 1. The zero-order chi connectivity index (χ0) is 9.26. The number of halogens is 1. The molecule has 1 heterocycles. The Morgan fingerprint density at radius 3 is 3.15 bits per heavy atom. The van der Waals surface area contributed by atoms with Gasteiger partial charge in [0.1, 0.15) is 12.4 Å². The molecule has 0 aliphatic carbocycles. The number of nitrogens with one attached hydrogen (secondary N) is 1. The average Bonchev–Trinajstić information content (AvgIpc) is 2.28. The predicted octanol–water partition coefficient (Wildman–Crippen LogP) is 2.24. The molecule has 0 radical (unpaired) electrons. The van der Waals surface area contributed by atoms with Crippen LogP contribution in [0.15, 0.2) is 16.6 Å². The summed E-state index contributed by atoms with van der Waals surface area (Å²) in [5, 5.41) is 3.31. The van der Waals surface area contributed by atoms with Crippen LogP contribution < -0.4 is 10.1 Å². The van der Waals surface area contributed by atoms with Crippen molar-refractivity contribution in [1.29, 1.82) is 0 Å². The van der Waals surface area contributed by atoms with Gasteiger partial charge in [0, 0.05) is 18.7 Å². The number of benzene rings is 1. The molecule has 1 aliphatic rings. The summed E-state index contributed by atoms with van der Waals surface area (Å²) in [5.41, 5.74) is 2.50. The Kier molecular flexibility index (Phi) is 2.56. The van der Waals surface area contributed by atoms with Crippen molar-refractivity contribution in [2.45, 2.75) is 13.5 Å². The van der Waals surface area contributed by atoms with E-state index in [-0.39, 0.29) is 0 Å². The predicted molar refractivity (Wildman–Crippen MR) is 56.1 cm³/mol. The highest BCUT2D eigenvalue weighted by Gasteiger charge is 2.11. The fourth-order valence-corrected chi connectivity index (χ4v) is 2.27. The molecular weight excluding hydrogens is 230 g/mol. The highest BCUT2D eigenvalue weighted by molar-refractivity contribution is 9.10. The second-order valence-corrected chi connectivity index (χ2v) is 4.11. The molecule has 0 saturated heterocycles. The Labute approximate surface area is 86.4 Å². The van der Waals surface area contributed by atoms with Crippen molar-refractivity contribution >= 4 is 15.9 Å². The third-order valence-corrected chi connectivity index (χ3v) is 2.69. The Balaban J connectivity index is 2.47. The van der Waals surface area contributed by atoms with Crippen molar-refractivity contribution in [3.8, 4) is 5.75 Å². The molecule has 1 aromatic rings. The van der Waals surface area contributed by atoms with Crippen molar-refractivity contribution in [2.75, 3.05) is 13.2 Å². The fraction of sp³-hybridized carbons (Fsp3) is 0.400. The van der Waals surface area contributed by atoms with Crippen LogP contribution in [0, 0.1) is 6.92 Å². The maximum Gasteiger partial charge on any atom is 0.138 e. The lowest BCUT2D eigenvalue weighted by molar-refractivity contribution is 0.324. The van der Waals surface area contributed by atoms with E-state index in [0.717, 1.165) is 29.9 Å². The van der Waals surface area contributed by atoms with E-state index < -0.39 is 0 Å². The van der Waals surface area contributed by atoms with Gasteiger partial charge in [0.2, 0.25) is 0 Å². The Morgan fingerprint density at radius 1 is 1.46 bits per heavy atom. The number of hydrogen-bond donors (Lipinski definition) is 1. The summed E-state index contributed by atoms with van der Waals surface area (Å²) in [5.74, 6) is 0.996. The van der Waals surface area contributed by atoms with Crippen LogP contribution in [0.4, 0.5) is 0 Å². The third-order valence-electron chi connectivity index (χ3n) is 2.11. The Hall–Kier alpha value is -0.540. The van der Waals surface area contributed by atoms with E-state index in [1.807, 2.05) is 0 Å². The average molecular weight is 242 g/mol. The van der Waals surface area contributed by atoms with Crippen LogP contribution >= 0.6 is 15.9 Å². The first-order valence-electron chi connectivity index (χ1n) is 4.40. The van der Waals surface area contributed by atoms with Gasteiger partial charge in [-0.05, 0) is 34.5 Å². The van der Waals surface area contributed by atoms with Crippen molar-refractivity contribution in [3.63, 3.8) is 0 Å². The first-order valence-corrected chi connectivity index (χ1v) is 5.19. The second-order valence-electron chi connectivity index (χ2n) is 3.26. The quantitative estimate of drug-likeness (QED) is 0.753. The van der Waals surface area contributed by atoms with E-state index in [2.05, 4.69) is 40.3 Å². The molecular formula is C10H12BrNO. The topological polar surface area (TPSA) is 21.3 Å². The standard InChI is InChI=1S/C10H12BrNO/c1-7-4-8-6-12-2-3-13-10(8)9(11)5-7/h4-5,12H,2-3,6H2,1H3. The first-order chi connectivity index (χ1) is 6.27. The normalized spacial score (nSPS) is 15.8. The van der Waals surface area contributed by atoms with E-state index in [1.54, 1.807) is 0 Å². The Morgan fingerprint density at radius 2 is 2.31 bits per heavy atom. The maximum absolute atomic E-state index is 5.62. The Bertz CT molecular complexity index is 325. The van der Waals surface area contributed by atoms with Crippen LogP contribution in [0.1, 0.15) is 11.1 Å². The molecule has 0 bridgehead atoms. The minimum atomic E-state index is 0.745. The molecule has 3 heteroatoms. The lowest BCUT2D eigenvalue weighted by atomic mass is 10.1. The van der Waals surface area contributed by atoms with Crippen molar-refractivity contribution in [3.05, 3.63) is 27.7 Å². The third kappa shape index (κ3) is 1.86. The molecule has 1 N–H and O–H groups in total. The zero-order valence-electron chi connectivity index (χ0n) is 7.56. The second kappa shape index (κ2) is 3.68. The van der Waals surface area contributed by atoms with Gasteiger partial charge in [-0.25, -0.2) is 0 Å². The SMILES string of the molecule is Cc1cc(Br)c2c(c1)CNCCO2. The van der Waals surface area contributed by atoms with Crippen molar-refractivity contribution in [1.82, 2.24) is 5.32 Å². The van der Waals surface area contributed by atoms with Crippen molar-refractivity contribution in [2.24, 2.45) is 0 Å². The molecule has 70 valence electrons. The van der Waals surface area contributed by atoms with Gasteiger partial charge in [-0.15, -0.1) is 0 Å². The van der Waals surface area contributed by atoms with Crippen LogP contribution in [-0.2, 0) is 6.54 Å². The van der Waals surface area contributed by atoms with E-state index >= 15 is 0 Å². The van der Waals surface area contributed by atoms with E-state index in [1.165, 1.54) is 11.1 Å². The molecule has 1 aliphatic heterocycles. The summed E-state index contributed by atoms with van der Waals surface area (Å²) in [4.78, 5) is 0. The highest BCUT2D eigenvalue weighted by Crippen LogP contribution is 2.31. The van der Waals surface area contributed by atoms with E-state index in [0.29, 0.717) is 0 Å². The molecule has 2 rings (SSSR count). The van der Waals surface area contributed by atoms with Crippen LogP contribution in [-0.4, -0.2) is 13.2 Å². The van der Waals surface area contributed by atoms with Crippen LogP contribution in [0.3, 0.4) is 0 Å². The molecule has 0 spiro atoms. The van der Waals surface area contributed by atoms with Crippen LogP contribution in [0.2, 0.25) is 0 Å². The molecule has 0 fully saturated rings. The summed E-state index contributed by atoms with van der Waals surface area (Å²) in [7, 11) is 0. The summed E-state index contributed by atoms with van der Waals surface area (Å²) in [6.45, 7) is 4.65. The summed E-state index contributed by atoms with van der Waals surface area (Å²) in [6.07, 6.45) is 0. The zero-order valence-corrected chi connectivity index (χ0v) is 9.15. The van der Waals surface area contributed by atoms with Crippen LogP contribution in [0.5, 0.6) is 5.75 Å². The highest BCUT2D eigenvalue weighted by atomic mass is 79.9.